The van der Waals surface area contributed by atoms with Crippen LogP contribution in [-0.2, 0) is 14.3 Å². The number of hydrogen-bond donors (Lipinski definition) is 0. The molecule has 76 valence electrons. The molecule has 0 aromatic rings. The third-order valence-corrected chi connectivity index (χ3v) is 2.34. The lowest BCUT2D eigenvalue weighted by molar-refractivity contribution is -0.180. The average molecular weight is 190 g/mol. The third-order valence-electron chi connectivity index (χ3n) is 2.34. The molecule has 0 N–H and O–H groups in total. The van der Waals surface area contributed by atoms with E-state index in [9.17, 15) is 9.18 Å². The van der Waals surface area contributed by atoms with Crippen LogP contribution in [0.5, 0.6) is 0 Å². The Morgan fingerprint density at radius 1 is 1.62 bits per heavy atom. The van der Waals surface area contributed by atoms with Gasteiger partial charge in [-0.15, -0.1) is 0 Å². The summed E-state index contributed by atoms with van der Waals surface area (Å²) in [6.45, 7) is 4.94. The molecule has 0 spiro atoms. The van der Waals surface area contributed by atoms with E-state index in [1.54, 1.807) is 6.92 Å². The Bertz CT molecular complexity index is 195. The van der Waals surface area contributed by atoms with Gasteiger partial charge in [0.2, 0.25) is 6.29 Å². The zero-order chi connectivity index (χ0) is 10.0. The highest BCUT2D eigenvalue weighted by molar-refractivity contribution is 5.66. The number of carbonyl (C=O) groups is 1. The Balaban J connectivity index is 2.55. The van der Waals surface area contributed by atoms with Crippen molar-refractivity contribution in [2.24, 2.45) is 5.92 Å². The van der Waals surface area contributed by atoms with Gasteiger partial charge >= 0.3 is 5.97 Å². The van der Waals surface area contributed by atoms with Crippen LogP contribution in [0.2, 0.25) is 0 Å². The lowest BCUT2D eigenvalue weighted by atomic mass is 10.0. The molecule has 0 radical (unpaired) electrons. The van der Waals surface area contributed by atoms with Crippen LogP contribution in [0.3, 0.4) is 0 Å². The molecule has 13 heavy (non-hydrogen) atoms. The van der Waals surface area contributed by atoms with Crippen molar-refractivity contribution >= 4 is 5.97 Å². The van der Waals surface area contributed by atoms with Crippen LogP contribution < -0.4 is 0 Å². The van der Waals surface area contributed by atoms with E-state index in [-0.39, 0.29) is 12.0 Å². The maximum absolute atomic E-state index is 13.4. The first-order chi connectivity index (χ1) is 6.06. The minimum atomic E-state index is -1.20. The molecule has 1 fully saturated rings. The maximum Gasteiger partial charge on any atom is 0.305 e. The summed E-state index contributed by atoms with van der Waals surface area (Å²) in [6.07, 6.45) is -1.61. The quantitative estimate of drug-likeness (QED) is 0.621. The van der Waals surface area contributed by atoms with Crippen molar-refractivity contribution in [3.63, 3.8) is 0 Å². The van der Waals surface area contributed by atoms with Crippen molar-refractivity contribution in [2.75, 3.05) is 0 Å². The van der Waals surface area contributed by atoms with Gasteiger partial charge in [-0.05, 0) is 6.42 Å². The molecule has 1 rings (SSSR count). The van der Waals surface area contributed by atoms with E-state index in [4.69, 9.17) is 4.74 Å². The second-order valence-electron chi connectivity index (χ2n) is 3.36. The first kappa shape index (κ1) is 10.4. The van der Waals surface area contributed by atoms with Gasteiger partial charge in [-0.3, -0.25) is 4.79 Å². The number of rotatable bonds is 2. The number of alkyl halides is 1. The second kappa shape index (κ2) is 4.05. The van der Waals surface area contributed by atoms with Gasteiger partial charge in [0.1, 0.15) is 0 Å². The smallest absolute Gasteiger partial charge is 0.305 e. The Morgan fingerprint density at radius 2 is 2.23 bits per heavy atom. The van der Waals surface area contributed by atoms with E-state index in [2.05, 4.69) is 4.74 Å². The van der Waals surface area contributed by atoms with Crippen molar-refractivity contribution in [2.45, 2.75) is 45.8 Å². The molecule has 0 aromatic heterocycles. The summed E-state index contributed by atoms with van der Waals surface area (Å²) in [5.41, 5.74) is 0. The lowest BCUT2D eigenvalue weighted by Crippen LogP contribution is -2.25. The van der Waals surface area contributed by atoms with Gasteiger partial charge in [-0.25, -0.2) is 4.39 Å². The predicted molar refractivity (Wildman–Crippen MR) is 44.8 cm³/mol. The summed E-state index contributed by atoms with van der Waals surface area (Å²) in [6, 6.07) is 0. The number of halogens is 1. The van der Waals surface area contributed by atoms with Gasteiger partial charge in [0.15, 0.2) is 6.17 Å². The van der Waals surface area contributed by atoms with Crippen LogP contribution in [0, 0.1) is 5.92 Å². The fraction of sp³-hybridized carbons (Fsp3) is 0.889. The molecule has 0 bridgehead atoms. The van der Waals surface area contributed by atoms with E-state index in [1.165, 1.54) is 6.92 Å². The van der Waals surface area contributed by atoms with Crippen molar-refractivity contribution in [1.82, 2.24) is 0 Å². The van der Waals surface area contributed by atoms with Crippen LogP contribution in [-0.4, -0.2) is 24.5 Å². The molecule has 0 aliphatic carbocycles. The summed E-state index contributed by atoms with van der Waals surface area (Å²) < 4.78 is 23.3. The van der Waals surface area contributed by atoms with Crippen LogP contribution in [0.25, 0.3) is 0 Å². The maximum atomic E-state index is 13.4. The number of esters is 1. The minimum absolute atomic E-state index is 0.139. The second-order valence-corrected chi connectivity index (χ2v) is 3.36. The van der Waals surface area contributed by atoms with E-state index >= 15 is 0 Å². The van der Waals surface area contributed by atoms with Gasteiger partial charge in [0.25, 0.3) is 0 Å². The molecule has 1 heterocycles. The van der Waals surface area contributed by atoms with Crippen molar-refractivity contribution < 1.29 is 18.7 Å². The van der Waals surface area contributed by atoms with Crippen LogP contribution >= 0.6 is 0 Å². The minimum Gasteiger partial charge on any atom is -0.433 e. The normalized spacial score (nSPS) is 39.1. The fourth-order valence-electron chi connectivity index (χ4n) is 1.55. The zero-order valence-corrected chi connectivity index (χ0v) is 8.12. The molecule has 0 aromatic carbocycles. The highest BCUT2D eigenvalue weighted by Crippen LogP contribution is 2.31. The average Bonchev–Trinajstić information content (AvgIpc) is 2.32. The molecule has 1 aliphatic heterocycles. The molecular formula is C9H15FO3. The molecule has 0 saturated carbocycles. The molecule has 4 atom stereocenters. The van der Waals surface area contributed by atoms with Crippen molar-refractivity contribution in [3.05, 3.63) is 0 Å². The Labute approximate surface area is 77.2 Å². The predicted octanol–water partition coefficient (Wildman–Crippen LogP) is 1.66. The Morgan fingerprint density at radius 3 is 2.62 bits per heavy atom. The Kier molecular flexibility index (Phi) is 3.25. The largest absolute Gasteiger partial charge is 0.433 e. The summed E-state index contributed by atoms with van der Waals surface area (Å²) in [7, 11) is 0. The highest BCUT2D eigenvalue weighted by Gasteiger charge is 2.43. The SMILES string of the molecule is CC[C@@H]1OC(OC(C)=O)[C@@H](F)[C@@H]1C. The molecule has 4 heteroatoms. The number of carbonyl (C=O) groups excluding carboxylic acids is 1. The van der Waals surface area contributed by atoms with Gasteiger partial charge in [0, 0.05) is 12.8 Å². The van der Waals surface area contributed by atoms with Gasteiger partial charge < -0.3 is 9.47 Å². The van der Waals surface area contributed by atoms with Gasteiger partial charge in [0.05, 0.1) is 6.10 Å². The van der Waals surface area contributed by atoms with E-state index in [1.807, 2.05) is 6.92 Å². The molecule has 1 unspecified atom stereocenters. The first-order valence-electron chi connectivity index (χ1n) is 4.53. The molecular weight excluding hydrogens is 175 g/mol. The van der Waals surface area contributed by atoms with Crippen LogP contribution in [0.4, 0.5) is 4.39 Å². The van der Waals surface area contributed by atoms with E-state index in [0.29, 0.717) is 0 Å². The van der Waals surface area contributed by atoms with Gasteiger partial charge in [-0.1, -0.05) is 13.8 Å². The molecule has 0 amide bonds. The van der Waals surface area contributed by atoms with Gasteiger partial charge in [-0.2, -0.15) is 0 Å². The summed E-state index contributed by atoms with van der Waals surface area (Å²) in [5, 5.41) is 0. The van der Waals surface area contributed by atoms with Crippen LogP contribution in [0.15, 0.2) is 0 Å². The van der Waals surface area contributed by atoms with Crippen molar-refractivity contribution in [3.8, 4) is 0 Å². The topological polar surface area (TPSA) is 35.5 Å². The van der Waals surface area contributed by atoms with E-state index < -0.39 is 18.4 Å². The summed E-state index contributed by atoms with van der Waals surface area (Å²) in [4.78, 5) is 10.6. The summed E-state index contributed by atoms with van der Waals surface area (Å²) >= 11 is 0. The number of hydrogen-bond acceptors (Lipinski definition) is 3. The molecule has 3 nitrogen and oxygen atoms in total. The van der Waals surface area contributed by atoms with Crippen molar-refractivity contribution in [1.29, 1.82) is 0 Å². The first-order valence-corrected chi connectivity index (χ1v) is 4.53. The molecule has 1 aliphatic rings. The lowest BCUT2D eigenvalue weighted by Gasteiger charge is -2.12. The fourth-order valence-corrected chi connectivity index (χ4v) is 1.55. The standard InChI is InChI=1S/C9H15FO3/c1-4-7-5(2)8(10)9(13-7)12-6(3)11/h5,7-9H,4H2,1-3H3/t5-,7+,8+,9?/m1/s1. The number of ether oxygens (including phenoxy) is 2. The van der Waals surface area contributed by atoms with Crippen LogP contribution in [0.1, 0.15) is 27.2 Å². The molecule has 1 saturated heterocycles. The highest BCUT2D eigenvalue weighted by atomic mass is 19.1. The monoisotopic (exact) mass is 190 g/mol. The third kappa shape index (κ3) is 2.18. The summed E-state index contributed by atoms with van der Waals surface area (Å²) in [5.74, 6) is -0.703. The zero-order valence-electron chi connectivity index (χ0n) is 8.12. The Hall–Kier alpha value is -0.640. The van der Waals surface area contributed by atoms with E-state index in [0.717, 1.165) is 6.42 Å².